The molecule has 7 nitrogen and oxygen atoms in total. The van der Waals surface area contributed by atoms with Crippen LogP contribution in [-0.2, 0) is 11.3 Å². The van der Waals surface area contributed by atoms with Gasteiger partial charge in [-0.2, -0.15) is 0 Å². The van der Waals surface area contributed by atoms with Crippen molar-refractivity contribution in [1.82, 2.24) is 20.2 Å². The van der Waals surface area contributed by atoms with E-state index in [1.165, 1.54) is 5.56 Å². The Labute approximate surface area is 213 Å². The van der Waals surface area contributed by atoms with Crippen molar-refractivity contribution in [3.05, 3.63) is 78.1 Å². The van der Waals surface area contributed by atoms with Crippen molar-refractivity contribution in [3.63, 3.8) is 0 Å². The highest BCUT2D eigenvalue weighted by Crippen LogP contribution is 2.32. The molecule has 0 spiro atoms. The standard InChI is InChI=1S/C29H35N5O2/c1-22-8-5-6-12-26(22)36-29-27(30-15-16-31-29)34-17-7-11-24(21-34)28(35)32-25-13-18-33(19-14-25)20-23-9-3-2-4-10-23/h2-6,8-10,12,15-16,24-25H,7,11,13-14,17-21H2,1H3,(H,32,35). The lowest BCUT2D eigenvalue weighted by molar-refractivity contribution is -0.126. The average molecular weight is 486 g/mol. The average Bonchev–Trinajstić information content (AvgIpc) is 2.92. The van der Waals surface area contributed by atoms with Crippen LogP contribution in [0.3, 0.4) is 0 Å². The number of carbonyl (C=O) groups excluding carboxylic acids is 1. The fourth-order valence-corrected chi connectivity index (χ4v) is 5.16. The van der Waals surface area contributed by atoms with Gasteiger partial charge in [0.2, 0.25) is 5.91 Å². The summed E-state index contributed by atoms with van der Waals surface area (Å²) in [5.74, 6) is 2.05. The van der Waals surface area contributed by atoms with Crippen LogP contribution in [0, 0.1) is 12.8 Å². The van der Waals surface area contributed by atoms with Crippen LogP contribution in [0.2, 0.25) is 0 Å². The van der Waals surface area contributed by atoms with Gasteiger partial charge in [0, 0.05) is 51.2 Å². The van der Waals surface area contributed by atoms with Crippen LogP contribution in [0.25, 0.3) is 0 Å². The molecule has 2 aliphatic heterocycles. The number of nitrogens with zero attached hydrogens (tertiary/aromatic N) is 4. The van der Waals surface area contributed by atoms with Gasteiger partial charge in [-0.25, -0.2) is 9.97 Å². The molecular formula is C29H35N5O2. The van der Waals surface area contributed by atoms with Crippen LogP contribution in [0.15, 0.2) is 67.0 Å². The van der Waals surface area contributed by atoms with E-state index in [2.05, 4.69) is 55.4 Å². The van der Waals surface area contributed by atoms with Crippen LogP contribution >= 0.6 is 0 Å². The minimum atomic E-state index is -0.0607. The second-order valence-corrected chi connectivity index (χ2v) is 9.88. The number of piperidine rings is 2. The molecule has 2 fully saturated rings. The summed E-state index contributed by atoms with van der Waals surface area (Å²) in [6.45, 7) is 6.47. The Kier molecular flexibility index (Phi) is 7.76. The van der Waals surface area contributed by atoms with Gasteiger partial charge in [-0.3, -0.25) is 9.69 Å². The molecule has 2 aliphatic rings. The maximum absolute atomic E-state index is 13.2. The van der Waals surface area contributed by atoms with Gasteiger partial charge in [-0.05, 0) is 49.8 Å². The van der Waals surface area contributed by atoms with Crippen LogP contribution in [0.5, 0.6) is 11.6 Å². The van der Waals surface area contributed by atoms with E-state index in [0.717, 1.165) is 63.2 Å². The van der Waals surface area contributed by atoms with Gasteiger partial charge in [-0.15, -0.1) is 0 Å². The molecule has 36 heavy (non-hydrogen) atoms. The van der Waals surface area contributed by atoms with Crippen molar-refractivity contribution in [2.75, 3.05) is 31.1 Å². The van der Waals surface area contributed by atoms with Crippen molar-refractivity contribution in [2.45, 2.75) is 45.2 Å². The first-order chi connectivity index (χ1) is 17.7. The first kappa shape index (κ1) is 24.3. The monoisotopic (exact) mass is 485 g/mol. The van der Waals surface area contributed by atoms with Crippen LogP contribution in [0.4, 0.5) is 5.82 Å². The molecule has 1 atom stereocenters. The summed E-state index contributed by atoms with van der Waals surface area (Å²) in [5.41, 5.74) is 2.39. The second-order valence-electron chi connectivity index (χ2n) is 9.88. The zero-order valence-corrected chi connectivity index (χ0v) is 21.0. The molecule has 0 bridgehead atoms. The summed E-state index contributed by atoms with van der Waals surface area (Å²) in [6.07, 6.45) is 7.15. The number of anilines is 1. The van der Waals surface area contributed by atoms with E-state index >= 15 is 0 Å². The van der Waals surface area contributed by atoms with Crippen molar-refractivity contribution < 1.29 is 9.53 Å². The third-order valence-electron chi connectivity index (χ3n) is 7.22. The molecular weight excluding hydrogens is 450 g/mol. The number of nitrogens with one attached hydrogen (secondary N) is 1. The quantitative estimate of drug-likeness (QED) is 0.529. The number of amides is 1. The van der Waals surface area contributed by atoms with Gasteiger partial charge < -0.3 is 15.0 Å². The summed E-state index contributed by atoms with van der Waals surface area (Å²) in [4.78, 5) is 26.9. The highest BCUT2D eigenvalue weighted by molar-refractivity contribution is 5.80. The molecule has 0 radical (unpaired) electrons. The number of aromatic nitrogens is 2. The lowest BCUT2D eigenvalue weighted by atomic mass is 9.95. The Bertz CT molecular complexity index is 1150. The number of likely N-dealkylation sites (tertiary alicyclic amines) is 1. The lowest BCUT2D eigenvalue weighted by Gasteiger charge is -2.36. The highest BCUT2D eigenvalue weighted by atomic mass is 16.5. The number of para-hydroxylation sites is 1. The number of rotatable bonds is 7. The molecule has 3 aromatic rings. The van der Waals surface area contributed by atoms with Gasteiger partial charge in [0.15, 0.2) is 5.82 Å². The third-order valence-corrected chi connectivity index (χ3v) is 7.22. The molecule has 1 aromatic heterocycles. The summed E-state index contributed by atoms with van der Waals surface area (Å²) in [5, 5.41) is 3.35. The third kappa shape index (κ3) is 6.02. The minimum Gasteiger partial charge on any atom is -0.436 e. The molecule has 3 heterocycles. The zero-order chi connectivity index (χ0) is 24.7. The Hall–Kier alpha value is -3.45. The molecule has 2 aromatic carbocycles. The topological polar surface area (TPSA) is 70.6 Å². The van der Waals surface area contributed by atoms with Crippen molar-refractivity contribution >= 4 is 11.7 Å². The van der Waals surface area contributed by atoms with Crippen LogP contribution in [0.1, 0.15) is 36.8 Å². The molecule has 1 amide bonds. The molecule has 7 heteroatoms. The largest absolute Gasteiger partial charge is 0.436 e. The predicted octanol–water partition coefficient (Wildman–Crippen LogP) is 4.57. The smallest absolute Gasteiger partial charge is 0.263 e. The number of hydrogen-bond acceptors (Lipinski definition) is 6. The first-order valence-corrected chi connectivity index (χ1v) is 13.0. The Morgan fingerprint density at radius 2 is 1.72 bits per heavy atom. The number of aryl methyl sites for hydroxylation is 1. The fraction of sp³-hybridized carbons (Fsp3) is 0.414. The number of carbonyl (C=O) groups is 1. The molecule has 2 saturated heterocycles. The number of hydrogen-bond donors (Lipinski definition) is 1. The van der Waals surface area contributed by atoms with E-state index in [9.17, 15) is 4.79 Å². The van der Waals surface area contributed by atoms with E-state index in [1.807, 2.05) is 31.2 Å². The van der Waals surface area contributed by atoms with Crippen molar-refractivity contribution in [3.8, 4) is 11.6 Å². The van der Waals surface area contributed by atoms with E-state index in [1.54, 1.807) is 12.4 Å². The van der Waals surface area contributed by atoms with Crippen LogP contribution < -0.4 is 15.0 Å². The summed E-state index contributed by atoms with van der Waals surface area (Å²) < 4.78 is 6.14. The SMILES string of the molecule is Cc1ccccc1Oc1nccnc1N1CCCC(C(=O)NC2CCN(Cc3ccccc3)CC2)C1. The molecule has 1 N–H and O–H groups in total. The van der Waals surface area contributed by atoms with Crippen molar-refractivity contribution in [2.24, 2.45) is 5.92 Å². The minimum absolute atomic E-state index is 0.0607. The lowest BCUT2D eigenvalue weighted by Crippen LogP contribution is -2.49. The summed E-state index contributed by atoms with van der Waals surface area (Å²) >= 11 is 0. The highest BCUT2D eigenvalue weighted by Gasteiger charge is 2.30. The van der Waals surface area contributed by atoms with Gasteiger partial charge in [-0.1, -0.05) is 48.5 Å². The summed E-state index contributed by atoms with van der Waals surface area (Å²) in [6, 6.07) is 18.7. The van der Waals surface area contributed by atoms with Gasteiger partial charge in [0.05, 0.1) is 5.92 Å². The van der Waals surface area contributed by atoms with Gasteiger partial charge >= 0.3 is 0 Å². The van der Waals surface area contributed by atoms with Crippen LogP contribution in [-0.4, -0.2) is 53.0 Å². The predicted molar refractivity (Wildman–Crippen MR) is 141 cm³/mol. The Balaban J connectivity index is 1.16. The van der Waals surface area contributed by atoms with Gasteiger partial charge in [0.1, 0.15) is 5.75 Å². The summed E-state index contributed by atoms with van der Waals surface area (Å²) in [7, 11) is 0. The molecule has 1 unspecified atom stereocenters. The molecule has 5 rings (SSSR count). The Morgan fingerprint density at radius 3 is 2.53 bits per heavy atom. The normalized spacial score (nSPS) is 19.1. The van der Waals surface area contributed by atoms with E-state index < -0.39 is 0 Å². The maximum atomic E-state index is 13.2. The second kappa shape index (κ2) is 11.5. The fourth-order valence-electron chi connectivity index (χ4n) is 5.16. The molecule has 0 aliphatic carbocycles. The van der Waals surface area contributed by atoms with E-state index in [0.29, 0.717) is 18.2 Å². The van der Waals surface area contributed by atoms with Crippen molar-refractivity contribution in [1.29, 1.82) is 0 Å². The number of benzene rings is 2. The van der Waals surface area contributed by atoms with Gasteiger partial charge in [0.25, 0.3) is 5.88 Å². The van der Waals surface area contributed by atoms with E-state index in [-0.39, 0.29) is 17.9 Å². The Morgan fingerprint density at radius 1 is 0.972 bits per heavy atom. The number of ether oxygens (including phenoxy) is 1. The molecule has 188 valence electrons. The maximum Gasteiger partial charge on any atom is 0.263 e. The van der Waals surface area contributed by atoms with E-state index in [4.69, 9.17) is 4.74 Å². The molecule has 0 saturated carbocycles. The zero-order valence-electron chi connectivity index (χ0n) is 21.0. The first-order valence-electron chi connectivity index (χ1n) is 13.0.